The van der Waals surface area contributed by atoms with Crippen LogP contribution in [0.25, 0.3) is 0 Å². The minimum atomic E-state index is -0.411. The second-order valence-electron chi connectivity index (χ2n) is 6.18. The van der Waals surface area contributed by atoms with Gasteiger partial charge in [0.1, 0.15) is 0 Å². The van der Waals surface area contributed by atoms with Gasteiger partial charge in [-0.15, -0.1) is 0 Å². The lowest BCUT2D eigenvalue weighted by Crippen LogP contribution is -2.13. The fourth-order valence-corrected chi connectivity index (χ4v) is 2.56. The highest BCUT2D eigenvalue weighted by Crippen LogP contribution is 2.30. The normalized spacial score (nSPS) is 15.6. The first-order valence-corrected chi connectivity index (χ1v) is 6.59. The Morgan fingerprint density at radius 2 is 1.94 bits per heavy atom. The van der Waals surface area contributed by atoms with Gasteiger partial charge in [0.2, 0.25) is 0 Å². The second kappa shape index (κ2) is 5.88. The van der Waals surface area contributed by atoms with Crippen molar-refractivity contribution < 1.29 is 5.11 Å². The molecule has 0 aliphatic carbocycles. The monoisotopic (exact) mass is 254 g/mol. The lowest BCUT2D eigenvalue weighted by atomic mass is 9.82. The first kappa shape index (κ1) is 14.5. The minimum absolute atomic E-state index is 0.313. The molecule has 0 fully saturated rings. The molecule has 0 aliphatic rings. The first-order valence-electron chi connectivity index (χ1n) is 6.21. The van der Waals surface area contributed by atoms with Gasteiger partial charge in [0, 0.05) is 5.02 Å². The van der Waals surface area contributed by atoms with E-state index in [4.69, 9.17) is 11.6 Å². The summed E-state index contributed by atoms with van der Waals surface area (Å²) in [6.07, 6.45) is 1.49. The van der Waals surface area contributed by atoms with Crippen LogP contribution in [0, 0.1) is 11.3 Å². The van der Waals surface area contributed by atoms with Crippen molar-refractivity contribution in [2.24, 2.45) is 11.3 Å². The maximum atomic E-state index is 10.2. The summed E-state index contributed by atoms with van der Waals surface area (Å²) in [6, 6.07) is 7.49. The van der Waals surface area contributed by atoms with Gasteiger partial charge in [0.25, 0.3) is 0 Å². The minimum Gasteiger partial charge on any atom is -0.388 e. The summed E-state index contributed by atoms with van der Waals surface area (Å²) in [5.74, 6) is 0.504. The van der Waals surface area contributed by atoms with Crippen LogP contribution in [0.3, 0.4) is 0 Å². The average molecular weight is 255 g/mol. The lowest BCUT2D eigenvalue weighted by molar-refractivity contribution is 0.134. The predicted molar refractivity (Wildman–Crippen MR) is 74.3 cm³/mol. The van der Waals surface area contributed by atoms with Crippen LogP contribution in [0.1, 0.15) is 52.2 Å². The molecule has 2 atom stereocenters. The number of aliphatic hydroxyl groups excluding tert-OH is 1. The molecule has 1 nitrogen and oxygen atoms in total. The van der Waals surface area contributed by atoms with Gasteiger partial charge in [-0.2, -0.15) is 0 Å². The molecular weight excluding hydrogens is 232 g/mol. The Kier molecular flexibility index (Phi) is 5.03. The molecule has 0 amide bonds. The fraction of sp³-hybridized carbons (Fsp3) is 0.600. The third-order valence-corrected chi connectivity index (χ3v) is 3.06. The molecule has 1 rings (SSSR count). The highest BCUT2D eigenvalue weighted by molar-refractivity contribution is 6.30. The maximum absolute atomic E-state index is 10.2. The third-order valence-electron chi connectivity index (χ3n) is 2.82. The molecule has 0 heterocycles. The van der Waals surface area contributed by atoms with Crippen molar-refractivity contribution >= 4 is 11.6 Å². The highest BCUT2D eigenvalue weighted by Gasteiger charge is 2.18. The second-order valence-corrected chi connectivity index (χ2v) is 6.61. The van der Waals surface area contributed by atoms with Crippen molar-refractivity contribution in [1.82, 2.24) is 0 Å². The molecule has 0 aliphatic heterocycles. The van der Waals surface area contributed by atoms with Gasteiger partial charge >= 0.3 is 0 Å². The van der Waals surface area contributed by atoms with Gasteiger partial charge in [-0.05, 0) is 41.9 Å². The van der Waals surface area contributed by atoms with E-state index in [0.717, 1.165) is 18.4 Å². The Balaban J connectivity index is 2.57. The molecular formula is C15H23ClO. The molecule has 2 unspecified atom stereocenters. The average Bonchev–Trinajstić information content (AvgIpc) is 2.14. The standard InChI is InChI=1S/C15H23ClO/c1-11(10-15(2,3)4)8-14(17)12-6-5-7-13(16)9-12/h5-7,9,11,14,17H,8,10H2,1-4H3. The van der Waals surface area contributed by atoms with Crippen molar-refractivity contribution in [3.05, 3.63) is 34.9 Å². The van der Waals surface area contributed by atoms with E-state index in [2.05, 4.69) is 27.7 Å². The van der Waals surface area contributed by atoms with E-state index in [-0.39, 0.29) is 0 Å². The number of benzene rings is 1. The zero-order chi connectivity index (χ0) is 13.1. The zero-order valence-corrected chi connectivity index (χ0v) is 12.0. The molecule has 2 heteroatoms. The fourth-order valence-electron chi connectivity index (χ4n) is 2.36. The van der Waals surface area contributed by atoms with Crippen LogP contribution in [-0.4, -0.2) is 5.11 Å². The Hall–Kier alpha value is -0.530. The third kappa shape index (κ3) is 5.56. The van der Waals surface area contributed by atoms with Crippen LogP contribution in [0.2, 0.25) is 5.02 Å². The highest BCUT2D eigenvalue weighted by atomic mass is 35.5. The number of hydrogen-bond donors (Lipinski definition) is 1. The van der Waals surface area contributed by atoms with Gasteiger partial charge in [-0.3, -0.25) is 0 Å². The van der Waals surface area contributed by atoms with Gasteiger partial charge in [0.05, 0.1) is 6.10 Å². The van der Waals surface area contributed by atoms with Crippen LogP contribution in [-0.2, 0) is 0 Å². The van der Waals surface area contributed by atoms with E-state index in [1.165, 1.54) is 0 Å². The van der Waals surface area contributed by atoms with Crippen LogP contribution < -0.4 is 0 Å². The molecule has 0 saturated heterocycles. The Bertz CT molecular complexity index is 354. The van der Waals surface area contributed by atoms with E-state index >= 15 is 0 Å². The van der Waals surface area contributed by atoms with Crippen LogP contribution in [0.4, 0.5) is 0 Å². The molecule has 1 N–H and O–H groups in total. The van der Waals surface area contributed by atoms with Crippen molar-refractivity contribution in [3.8, 4) is 0 Å². The smallest absolute Gasteiger partial charge is 0.0793 e. The Morgan fingerprint density at radius 1 is 1.29 bits per heavy atom. The molecule has 0 saturated carbocycles. The summed E-state index contributed by atoms with van der Waals surface area (Å²) >= 11 is 5.92. The van der Waals surface area contributed by atoms with Gasteiger partial charge in [-0.1, -0.05) is 51.4 Å². The molecule has 0 spiro atoms. The predicted octanol–water partition coefficient (Wildman–Crippen LogP) is 4.84. The Morgan fingerprint density at radius 3 is 2.47 bits per heavy atom. The number of aliphatic hydroxyl groups is 1. The summed E-state index contributed by atoms with van der Waals surface area (Å²) in [6.45, 7) is 8.89. The van der Waals surface area contributed by atoms with E-state index in [9.17, 15) is 5.11 Å². The number of hydrogen-bond acceptors (Lipinski definition) is 1. The van der Waals surface area contributed by atoms with E-state index in [0.29, 0.717) is 16.4 Å². The van der Waals surface area contributed by atoms with Gasteiger partial charge in [0.15, 0.2) is 0 Å². The van der Waals surface area contributed by atoms with Crippen molar-refractivity contribution in [1.29, 1.82) is 0 Å². The summed E-state index contributed by atoms with van der Waals surface area (Å²) in [4.78, 5) is 0. The summed E-state index contributed by atoms with van der Waals surface area (Å²) < 4.78 is 0. The molecule has 1 aromatic rings. The van der Waals surface area contributed by atoms with Gasteiger partial charge in [-0.25, -0.2) is 0 Å². The van der Waals surface area contributed by atoms with E-state index in [1.54, 1.807) is 0 Å². The molecule has 96 valence electrons. The van der Waals surface area contributed by atoms with Crippen molar-refractivity contribution in [2.45, 2.75) is 46.6 Å². The van der Waals surface area contributed by atoms with E-state index < -0.39 is 6.10 Å². The maximum Gasteiger partial charge on any atom is 0.0793 e. The largest absolute Gasteiger partial charge is 0.388 e. The molecule has 0 bridgehead atoms. The van der Waals surface area contributed by atoms with Crippen molar-refractivity contribution in [2.75, 3.05) is 0 Å². The number of rotatable bonds is 4. The quantitative estimate of drug-likeness (QED) is 0.816. The summed E-state index contributed by atoms with van der Waals surface area (Å²) in [7, 11) is 0. The Labute approximate surface area is 110 Å². The van der Waals surface area contributed by atoms with Crippen molar-refractivity contribution in [3.63, 3.8) is 0 Å². The van der Waals surface area contributed by atoms with Gasteiger partial charge < -0.3 is 5.11 Å². The van der Waals surface area contributed by atoms with Crippen LogP contribution in [0.5, 0.6) is 0 Å². The lowest BCUT2D eigenvalue weighted by Gasteiger charge is -2.25. The molecule has 1 aromatic carbocycles. The zero-order valence-electron chi connectivity index (χ0n) is 11.2. The first-order chi connectivity index (χ1) is 7.78. The van der Waals surface area contributed by atoms with E-state index in [1.807, 2.05) is 24.3 Å². The molecule has 17 heavy (non-hydrogen) atoms. The molecule has 0 radical (unpaired) electrons. The summed E-state index contributed by atoms with van der Waals surface area (Å²) in [5.41, 5.74) is 1.23. The topological polar surface area (TPSA) is 20.2 Å². The SMILES string of the molecule is CC(CC(O)c1cccc(Cl)c1)CC(C)(C)C. The summed E-state index contributed by atoms with van der Waals surface area (Å²) in [5, 5.41) is 10.8. The van der Waals surface area contributed by atoms with Crippen LogP contribution in [0.15, 0.2) is 24.3 Å². The number of halogens is 1. The van der Waals surface area contributed by atoms with Crippen LogP contribution >= 0.6 is 11.6 Å². The molecule has 0 aromatic heterocycles.